The number of aryl methyl sites for hydroxylation is 1. The molecular formula is C10H7Br3N2OS. The fourth-order valence-corrected chi connectivity index (χ4v) is 3.77. The van der Waals surface area contributed by atoms with Gasteiger partial charge in [-0.25, -0.2) is 4.98 Å². The molecule has 1 N–H and O–H groups in total. The third kappa shape index (κ3) is 2.72. The minimum atomic E-state index is -0.146. The normalized spacial score (nSPS) is 10.8. The van der Waals surface area contributed by atoms with Crippen LogP contribution in [-0.2, 0) is 6.42 Å². The summed E-state index contributed by atoms with van der Waals surface area (Å²) < 4.78 is 2.45. The number of nitrogens with one attached hydrogen (secondary N) is 1. The van der Waals surface area contributed by atoms with E-state index in [9.17, 15) is 4.79 Å². The molecule has 2 aromatic heterocycles. The summed E-state index contributed by atoms with van der Waals surface area (Å²) in [4.78, 5) is 19.8. The molecule has 0 aromatic carbocycles. The van der Waals surface area contributed by atoms with E-state index in [-0.39, 0.29) is 5.56 Å². The highest BCUT2D eigenvalue weighted by Gasteiger charge is 2.12. The highest BCUT2D eigenvalue weighted by molar-refractivity contribution is 9.13. The lowest BCUT2D eigenvalue weighted by molar-refractivity contribution is 0.973. The van der Waals surface area contributed by atoms with Crippen LogP contribution in [0.15, 0.2) is 23.6 Å². The van der Waals surface area contributed by atoms with Gasteiger partial charge in [0, 0.05) is 4.47 Å². The van der Waals surface area contributed by atoms with Gasteiger partial charge in [-0.3, -0.25) is 4.79 Å². The Morgan fingerprint density at radius 3 is 2.65 bits per heavy atom. The Morgan fingerprint density at radius 2 is 2.12 bits per heavy atom. The molecule has 0 bridgehead atoms. The van der Waals surface area contributed by atoms with Crippen molar-refractivity contribution in [2.45, 2.75) is 13.3 Å². The van der Waals surface area contributed by atoms with Gasteiger partial charge in [0.2, 0.25) is 0 Å². The lowest BCUT2D eigenvalue weighted by Gasteiger charge is -2.02. The fraction of sp³-hybridized carbons (Fsp3) is 0.200. The number of hydrogen-bond acceptors (Lipinski definition) is 3. The summed E-state index contributed by atoms with van der Waals surface area (Å²) in [6.45, 7) is 1.97. The van der Waals surface area contributed by atoms with E-state index in [1.165, 1.54) is 11.3 Å². The van der Waals surface area contributed by atoms with Gasteiger partial charge in [-0.2, -0.15) is 0 Å². The van der Waals surface area contributed by atoms with Crippen LogP contribution in [0.2, 0.25) is 0 Å². The number of aromatic nitrogens is 2. The predicted octanol–water partition coefficient (Wildman–Crippen LogP) is 4.35. The maximum atomic E-state index is 11.7. The number of aromatic amines is 1. The van der Waals surface area contributed by atoms with E-state index in [0.29, 0.717) is 16.7 Å². The Hall–Kier alpha value is 0.0200. The van der Waals surface area contributed by atoms with Crippen molar-refractivity contribution in [3.05, 3.63) is 34.8 Å². The molecule has 2 rings (SSSR count). The smallest absolute Gasteiger partial charge is 0.265 e. The van der Waals surface area contributed by atoms with Crippen molar-refractivity contribution < 1.29 is 0 Å². The standard InChI is InChI=1S/C10H7Br3N2OS/c1-2-5-7(12)10(16)15-9(14-5)6-3-4(11)8(13)17-6/h3H,2H2,1H3,(H,14,15,16). The van der Waals surface area contributed by atoms with E-state index < -0.39 is 0 Å². The molecule has 0 saturated carbocycles. The number of H-pyrrole nitrogens is 1. The van der Waals surface area contributed by atoms with Gasteiger partial charge >= 0.3 is 0 Å². The Balaban J connectivity index is 2.60. The molecule has 7 heteroatoms. The SMILES string of the molecule is CCc1nc(-c2cc(Br)c(Br)s2)[nH]c(=O)c1Br. The molecule has 17 heavy (non-hydrogen) atoms. The quantitative estimate of drug-likeness (QED) is 0.751. The second kappa shape index (κ2) is 5.34. The lowest BCUT2D eigenvalue weighted by atomic mass is 10.3. The Kier molecular flexibility index (Phi) is 4.22. The van der Waals surface area contributed by atoms with Crippen LogP contribution in [0, 0.1) is 0 Å². The Bertz CT molecular complexity index is 601. The monoisotopic (exact) mass is 440 g/mol. The van der Waals surface area contributed by atoms with Crippen LogP contribution in [0.4, 0.5) is 0 Å². The number of thiophene rings is 1. The summed E-state index contributed by atoms with van der Waals surface area (Å²) in [5.41, 5.74) is 0.622. The average Bonchev–Trinajstić information content (AvgIpc) is 2.63. The minimum Gasteiger partial charge on any atom is -0.305 e. The van der Waals surface area contributed by atoms with E-state index in [1.54, 1.807) is 0 Å². The van der Waals surface area contributed by atoms with Gasteiger partial charge < -0.3 is 4.98 Å². The average molecular weight is 443 g/mol. The van der Waals surface area contributed by atoms with Gasteiger partial charge in [-0.1, -0.05) is 6.92 Å². The summed E-state index contributed by atoms with van der Waals surface area (Å²) in [7, 11) is 0. The minimum absolute atomic E-state index is 0.146. The summed E-state index contributed by atoms with van der Waals surface area (Å²) in [5, 5.41) is 0. The molecule has 2 heterocycles. The summed E-state index contributed by atoms with van der Waals surface area (Å²) in [5.74, 6) is 0.603. The van der Waals surface area contributed by atoms with Gasteiger partial charge in [0.05, 0.1) is 14.4 Å². The third-order valence-corrected chi connectivity index (χ3v) is 6.23. The molecule has 0 saturated heterocycles. The zero-order valence-corrected chi connectivity index (χ0v) is 14.3. The van der Waals surface area contributed by atoms with E-state index >= 15 is 0 Å². The molecule has 0 amide bonds. The second-order valence-corrected chi connectivity index (χ2v) is 7.28. The molecule has 0 aliphatic carbocycles. The number of nitrogens with zero attached hydrogens (tertiary/aromatic N) is 1. The first-order chi connectivity index (χ1) is 8.02. The maximum Gasteiger partial charge on any atom is 0.265 e. The molecule has 0 radical (unpaired) electrons. The van der Waals surface area contributed by atoms with Gasteiger partial charge in [0.15, 0.2) is 5.82 Å². The molecule has 0 aliphatic rings. The second-order valence-electron chi connectivity index (χ2n) is 3.26. The molecule has 0 spiro atoms. The van der Waals surface area contributed by atoms with E-state index in [0.717, 1.165) is 18.8 Å². The van der Waals surface area contributed by atoms with Crippen molar-refractivity contribution in [3.63, 3.8) is 0 Å². The van der Waals surface area contributed by atoms with Gasteiger partial charge in [-0.15, -0.1) is 11.3 Å². The van der Waals surface area contributed by atoms with Gasteiger partial charge in [-0.05, 0) is 60.3 Å². The molecular weight excluding hydrogens is 436 g/mol. The number of halogens is 3. The lowest BCUT2D eigenvalue weighted by Crippen LogP contribution is -2.12. The van der Waals surface area contributed by atoms with Crippen LogP contribution in [0.1, 0.15) is 12.6 Å². The molecule has 90 valence electrons. The first-order valence-corrected chi connectivity index (χ1v) is 7.96. The van der Waals surface area contributed by atoms with Gasteiger partial charge in [0.1, 0.15) is 4.47 Å². The Morgan fingerprint density at radius 1 is 1.41 bits per heavy atom. The maximum absolute atomic E-state index is 11.7. The van der Waals surface area contributed by atoms with Crippen LogP contribution < -0.4 is 5.56 Å². The van der Waals surface area contributed by atoms with E-state index in [1.807, 2.05) is 13.0 Å². The van der Waals surface area contributed by atoms with Crippen LogP contribution >= 0.6 is 59.1 Å². The van der Waals surface area contributed by atoms with E-state index in [4.69, 9.17) is 0 Å². The largest absolute Gasteiger partial charge is 0.305 e. The van der Waals surface area contributed by atoms with Crippen LogP contribution in [0.25, 0.3) is 10.7 Å². The zero-order valence-electron chi connectivity index (χ0n) is 8.68. The highest BCUT2D eigenvalue weighted by atomic mass is 79.9. The molecule has 3 nitrogen and oxygen atoms in total. The predicted molar refractivity (Wildman–Crippen MR) is 80.6 cm³/mol. The van der Waals surface area contributed by atoms with Crippen molar-refractivity contribution in [2.24, 2.45) is 0 Å². The zero-order chi connectivity index (χ0) is 12.6. The number of hydrogen-bond donors (Lipinski definition) is 1. The third-order valence-electron chi connectivity index (χ3n) is 2.14. The molecule has 0 atom stereocenters. The number of rotatable bonds is 2. The summed E-state index contributed by atoms with van der Waals surface area (Å²) in [6, 6.07) is 1.93. The summed E-state index contributed by atoms with van der Waals surface area (Å²) >= 11 is 11.6. The molecule has 0 unspecified atom stereocenters. The van der Waals surface area contributed by atoms with Crippen LogP contribution in [-0.4, -0.2) is 9.97 Å². The molecule has 0 fully saturated rings. The van der Waals surface area contributed by atoms with Crippen LogP contribution in [0.3, 0.4) is 0 Å². The van der Waals surface area contributed by atoms with Crippen LogP contribution in [0.5, 0.6) is 0 Å². The molecule has 2 aromatic rings. The van der Waals surface area contributed by atoms with E-state index in [2.05, 4.69) is 57.8 Å². The highest BCUT2D eigenvalue weighted by Crippen LogP contribution is 2.36. The Labute approximate surface area is 127 Å². The van der Waals surface area contributed by atoms with Crippen molar-refractivity contribution in [3.8, 4) is 10.7 Å². The summed E-state index contributed by atoms with van der Waals surface area (Å²) in [6.07, 6.45) is 0.714. The van der Waals surface area contributed by atoms with Crippen molar-refractivity contribution in [1.82, 2.24) is 9.97 Å². The van der Waals surface area contributed by atoms with Crippen molar-refractivity contribution in [2.75, 3.05) is 0 Å². The topological polar surface area (TPSA) is 45.8 Å². The van der Waals surface area contributed by atoms with Crippen molar-refractivity contribution in [1.29, 1.82) is 0 Å². The first-order valence-electron chi connectivity index (χ1n) is 4.76. The fourth-order valence-electron chi connectivity index (χ4n) is 1.32. The molecule has 0 aliphatic heterocycles. The van der Waals surface area contributed by atoms with Gasteiger partial charge in [0.25, 0.3) is 5.56 Å². The van der Waals surface area contributed by atoms with Crippen molar-refractivity contribution >= 4 is 59.1 Å². The first kappa shape index (κ1) is 13.5.